The summed E-state index contributed by atoms with van der Waals surface area (Å²) in [6, 6.07) is 8.08. The first-order valence-electron chi connectivity index (χ1n) is 8.93. The van der Waals surface area contributed by atoms with Crippen molar-refractivity contribution in [2.45, 2.75) is 45.4 Å². The van der Waals surface area contributed by atoms with Crippen LogP contribution in [0.5, 0.6) is 0 Å². The molecule has 0 spiro atoms. The number of aryl methyl sites for hydroxylation is 1. The average Bonchev–Trinajstić information content (AvgIpc) is 3.22. The molecule has 3 rings (SSSR count). The van der Waals surface area contributed by atoms with Crippen LogP contribution in [0.1, 0.15) is 44.1 Å². The van der Waals surface area contributed by atoms with E-state index in [2.05, 4.69) is 36.5 Å². The molecule has 2 atom stereocenters. The molecule has 2 aliphatic rings. The highest BCUT2D eigenvalue weighted by molar-refractivity contribution is 5.94. The van der Waals surface area contributed by atoms with Crippen LogP contribution in [-0.4, -0.2) is 5.91 Å². The Morgan fingerprint density at radius 2 is 1.39 bits per heavy atom. The number of nitrogens with one attached hydrogen (secondary N) is 1. The number of carbonyl (C=O) groups is 1. The Hall–Kier alpha value is -1.83. The summed E-state index contributed by atoms with van der Waals surface area (Å²) in [7, 11) is 0. The minimum atomic E-state index is 0.207. The lowest BCUT2D eigenvalue weighted by Gasteiger charge is -2.05. The van der Waals surface area contributed by atoms with Gasteiger partial charge in [0, 0.05) is 11.6 Å². The van der Waals surface area contributed by atoms with E-state index in [4.69, 9.17) is 0 Å². The summed E-state index contributed by atoms with van der Waals surface area (Å²) in [5.74, 6) is 1.56. The highest BCUT2D eigenvalue weighted by Gasteiger charge is 2.52. The fourth-order valence-corrected chi connectivity index (χ4v) is 3.72. The molecule has 0 saturated heterocycles. The average molecular weight is 309 g/mol. The van der Waals surface area contributed by atoms with E-state index >= 15 is 0 Å². The molecular formula is C21H27NO. The molecule has 0 heterocycles. The zero-order valence-corrected chi connectivity index (χ0v) is 14.0. The van der Waals surface area contributed by atoms with Gasteiger partial charge in [-0.1, -0.05) is 42.0 Å². The second-order valence-electron chi connectivity index (χ2n) is 6.88. The van der Waals surface area contributed by atoms with Gasteiger partial charge < -0.3 is 5.32 Å². The fourth-order valence-electron chi connectivity index (χ4n) is 3.72. The maximum atomic E-state index is 12.6. The highest BCUT2D eigenvalue weighted by Crippen LogP contribution is 2.52. The Morgan fingerprint density at radius 3 is 1.96 bits per heavy atom. The summed E-state index contributed by atoms with van der Waals surface area (Å²) in [5.41, 5.74) is 2.14. The predicted octanol–water partition coefficient (Wildman–Crippen LogP) is 5.26. The molecule has 0 aromatic heterocycles. The van der Waals surface area contributed by atoms with Crippen molar-refractivity contribution in [3.05, 3.63) is 54.1 Å². The normalized spacial score (nSPS) is 27.4. The van der Waals surface area contributed by atoms with Gasteiger partial charge in [0.2, 0.25) is 5.91 Å². The van der Waals surface area contributed by atoms with Gasteiger partial charge in [0.25, 0.3) is 0 Å². The lowest BCUT2D eigenvalue weighted by molar-refractivity contribution is -0.117. The minimum absolute atomic E-state index is 0.207. The van der Waals surface area contributed by atoms with E-state index in [9.17, 15) is 4.79 Å². The van der Waals surface area contributed by atoms with Crippen LogP contribution in [0.2, 0.25) is 0 Å². The highest BCUT2D eigenvalue weighted by atomic mass is 16.2. The van der Waals surface area contributed by atoms with Gasteiger partial charge in [0.1, 0.15) is 0 Å². The molecule has 1 saturated carbocycles. The van der Waals surface area contributed by atoms with E-state index in [1.54, 1.807) is 0 Å². The monoisotopic (exact) mass is 309 g/mol. The molecular weight excluding hydrogens is 282 g/mol. The van der Waals surface area contributed by atoms with Crippen LogP contribution in [0, 0.1) is 24.7 Å². The van der Waals surface area contributed by atoms with Crippen LogP contribution in [0.4, 0.5) is 5.69 Å². The van der Waals surface area contributed by atoms with Gasteiger partial charge in [-0.15, -0.1) is 0 Å². The number of allylic oxidation sites excluding steroid dienone is 4. The lowest BCUT2D eigenvalue weighted by atomic mass is 10.1. The molecule has 1 aromatic carbocycles. The van der Waals surface area contributed by atoms with Crippen LogP contribution in [0.3, 0.4) is 0 Å². The maximum absolute atomic E-state index is 12.6. The fraction of sp³-hybridized carbons (Fsp3) is 0.476. The molecule has 2 aliphatic carbocycles. The summed E-state index contributed by atoms with van der Waals surface area (Å²) in [6.07, 6.45) is 15.9. The second kappa shape index (κ2) is 7.63. The summed E-state index contributed by atoms with van der Waals surface area (Å²) < 4.78 is 0. The molecule has 0 bridgehead atoms. The van der Waals surface area contributed by atoms with Gasteiger partial charge in [0.05, 0.1) is 0 Å². The quantitative estimate of drug-likeness (QED) is 0.742. The molecule has 1 amide bonds. The predicted molar refractivity (Wildman–Crippen MR) is 96.3 cm³/mol. The van der Waals surface area contributed by atoms with Crippen LogP contribution in [0.15, 0.2) is 48.6 Å². The minimum Gasteiger partial charge on any atom is -0.326 e. The van der Waals surface area contributed by atoms with Crippen molar-refractivity contribution in [3.8, 4) is 0 Å². The van der Waals surface area contributed by atoms with E-state index in [1.165, 1.54) is 5.56 Å². The van der Waals surface area contributed by atoms with Crippen molar-refractivity contribution in [1.82, 2.24) is 0 Å². The van der Waals surface area contributed by atoms with Crippen molar-refractivity contribution in [1.29, 1.82) is 0 Å². The van der Waals surface area contributed by atoms with Crippen molar-refractivity contribution < 1.29 is 4.79 Å². The zero-order valence-electron chi connectivity index (χ0n) is 14.0. The Kier molecular flexibility index (Phi) is 5.32. The molecule has 0 radical (unpaired) electrons. The van der Waals surface area contributed by atoms with Crippen LogP contribution in [-0.2, 0) is 4.79 Å². The Morgan fingerprint density at radius 1 is 0.870 bits per heavy atom. The maximum Gasteiger partial charge on any atom is 0.228 e. The summed E-state index contributed by atoms with van der Waals surface area (Å²) >= 11 is 0. The molecule has 23 heavy (non-hydrogen) atoms. The topological polar surface area (TPSA) is 29.1 Å². The number of carbonyl (C=O) groups excluding carboxylic acids is 1. The molecule has 1 fully saturated rings. The third kappa shape index (κ3) is 4.34. The standard InChI is InChI=1S/C21H27NO/c1-16-12-14-17(15-13-16)22-21(23)20-18-10-8-6-4-2-3-5-7-9-11-19(18)20/h4-7,12-15,18-20H,2-3,8-11H2,1H3,(H,22,23). The molecule has 122 valence electrons. The van der Waals surface area contributed by atoms with Crippen molar-refractivity contribution in [2.24, 2.45) is 17.8 Å². The van der Waals surface area contributed by atoms with Crippen molar-refractivity contribution in [3.63, 3.8) is 0 Å². The summed E-state index contributed by atoms with van der Waals surface area (Å²) in [4.78, 5) is 12.6. The SMILES string of the molecule is Cc1ccc(NC(=O)C2C3CCC=CCCC=CCCC32)cc1. The number of anilines is 1. The van der Waals surface area contributed by atoms with Gasteiger partial charge in [-0.25, -0.2) is 0 Å². The first-order chi connectivity index (χ1) is 11.3. The number of benzene rings is 1. The van der Waals surface area contributed by atoms with E-state index in [0.29, 0.717) is 11.8 Å². The van der Waals surface area contributed by atoms with E-state index in [1.807, 2.05) is 24.3 Å². The van der Waals surface area contributed by atoms with E-state index in [0.717, 1.165) is 44.2 Å². The molecule has 2 heteroatoms. The third-order valence-corrected chi connectivity index (χ3v) is 5.12. The van der Waals surface area contributed by atoms with Gasteiger partial charge in [-0.3, -0.25) is 4.79 Å². The van der Waals surface area contributed by atoms with Gasteiger partial charge in [-0.05, 0) is 69.4 Å². The number of hydrogen-bond acceptors (Lipinski definition) is 1. The van der Waals surface area contributed by atoms with Crippen LogP contribution < -0.4 is 5.32 Å². The number of rotatable bonds is 2. The third-order valence-electron chi connectivity index (χ3n) is 5.12. The largest absolute Gasteiger partial charge is 0.326 e. The van der Waals surface area contributed by atoms with Crippen LogP contribution in [0.25, 0.3) is 0 Å². The molecule has 2 nitrogen and oxygen atoms in total. The molecule has 0 aliphatic heterocycles. The Bertz CT molecular complexity index is 560. The molecule has 1 aromatic rings. The number of fused-ring (bicyclic) bond motifs is 1. The molecule has 1 N–H and O–H groups in total. The second-order valence-corrected chi connectivity index (χ2v) is 6.88. The Labute approximate surface area is 139 Å². The van der Waals surface area contributed by atoms with Crippen molar-refractivity contribution in [2.75, 3.05) is 5.32 Å². The first-order valence-corrected chi connectivity index (χ1v) is 8.93. The van der Waals surface area contributed by atoms with E-state index < -0.39 is 0 Å². The van der Waals surface area contributed by atoms with E-state index in [-0.39, 0.29) is 11.8 Å². The Balaban J connectivity index is 1.60. The van der Waals surface area contributed by atoms with Gasteiger partial charge in [0.15, 0.2) is 0 Å². The van der Waals surface area contributed by atoms with Crippen molar-refractivity contribution >= 4 is 11.6 Å². The van der Waals surface area contributed by atoms with Crippen LogP contribution >= 0.6 is 0 Å². The smallest absolute Gasteiger partial charge is 0.228 e. The number of hydrogen-bond donors (Lipinski definition) is 1. The summed E-state index contributed by atoms with van der Waals surface area (Å²) in [6.45, 7) is 2.06. The number of amides is 1. The summed E-state index contributed by atoms with van der Waals surface area (Å²) in [5, 5.41) is 3.11. The first kappa shape index (κ1) is 16.0. The zero-order chi connectivity index (χ0) is 16.1. The van der Waals surface area contributed by atoms with Gasteiger partial charge >= 0.3 is 0 Å². The molecule has 2 unspecified atom stereocenters. The van der Waals surface area contributed by atoms with Gasteiger partial charge in [-0.2, -0.15) is 0 Å². The lowest BCUT2D eigenvalue weighted by Crippen LogP contribution is -2.15.